The number of carbonyl (C=O) groups is 2. The van der Waals surface area contributed by atoms with Crippen LogP contribution in [-0.4, -0.2) is 47.4 Å². The van der Waals surface area contributed by atoms with Crippen LogP contribution in [0.3, 0.4) is 0 Å². The predicted octanol–water partition coefficient (Wildman–Crippen LogP) is 2.14. The van der Waals surface area contributed by atoms with E-state index in [1.807, 2.05) is 0 Å². The van der Waals surface area contributed by atoms with Gasteiger partial charge in [0.25, 0.3) is 5.91 Å². The number of amides is 1. The van der Waals surface area contributed by atoms with Gasteiger partial charge in [0.1, 0.15) is 11.5 Å². The third-order valence-electron chi connectivity index (χ3n) is 4.13. The second kappa shape index (κ2) is 9.42. The van der Waals surface area contributed by atoms with Crippen molar-refractivity contribution in [1.29, 1.82) is 0 Å². The van der Waals surface area contributed by atoms with Gasteiger partial charge in [-0.3, -0.25) is 4.79 Å². The van der Waals surface area contributed by atoms with Gasteiger partial charge in [0, 0.05) is 11.8 Å². The number of sulfone groups is 1. The van der Waals surface area contributed by atoms with Gasteiger partial charge in [-0.15, -0.1) is 0 Å². The van der Waals surface area contributed by atoms with Crippen LogP contribution in [0, 0.1) is 0 Å². The van der Waals surface area contributed by atoms with Gasteiger partial charge < -0.3 is 19.5 Å². The van der Waals surface area contributed by atoms with Gasteiger partial charge in [0.05, 0.1) is 30.7 Å². The lowest BCUT2D eigenvalue weighted by Crippen LogP contribution is -2.31. The Hall–Kier alpha value is -3.07. The van der Waals surface area contributed by atoms with Crippen molar-refractivity contribution in [3.05, 3.63) is 53.6 Å². The molecule has 2 aromatic carbocycles. The Kier molecular flexibility index (Phi) is 7.22. The third-order valence-corrected chi connectivity index (χ3v) is 5.26. The molecule has 0 bridgehead atoms. The molecule has 0 spiro atoms. The molecule has 1 N–H and O–H groups in total. The number of benzene rings is 2. The summed E-state index contributed by atoms with van der Waals surface area (Å²) in [4.78, 5) is 24.3. The number of carbonyl (C=O) groups excluding carboxylic acids is 2. The largest absolute Gasteiger partial charge is 0.497 e. The molecule has 0 aliphatic heterocycles. The van der Waals surface area contributed by atoms with Crippen LogP contribution in [-0.2, 0) is 19.4 Å². The predicted molar refractivity (Wildman–Crippen MR) is 106 cm³/mol. The van der Waals surface area contributed by atoms with E-state index in [1.165, 1.54) is 38.5 Å². The lowest BCUT2D eigenvalue weighted by molar-refractivity contribution is -0.124. The van der Waals surface area contributed by atoms with E-state index in [9.17, 15) is 18.0 Å². The molecule has 9 heteroatoms. The fourth-order valence-electron chi connectivity index (χ4n) is 2.59. The van der Waals surface area contributed by atoms with E-state index in [4.69, 9.17) is 14.2 Å². The summed E-state index contributed by atoms with van der Waals surface area (Å²) in [5, 5.41) is 2.73. The number of rotatable bonds is 8. The van der Waals surface area contributed by atoms with Gasteiger partial charge in [0.15, 0.2) is 16.4 Å². The number of esters is 1. The molecule has 2 aromatic rings. The van der Waals surface area contributed by atoms with Crippen LogP contribution in [0.4, 0.5) is 0 Å². The van der Waals surface area contributed by atoms with E-state index < -0.39 is 34.4 Å². The molecule has 1 unspecified atom stereocenters. The highest BCUT2D eigenvalue weighted by Gasteiger charge is 2.17. The average Bonchev–Trinajstić information content (AvgIpc) is 2.70. The maximum atomic E-state index is 12.2. The first-order valence-corrected chi connectivity index (χ1v) is 10.5. The molecular weight excluding hydrogens is 398 g/mol. The standard InChI is InChI=1S/C20H23NO7S/c1-13(17-11-15(26-2)7-10-18(17)27-3)21-19(22)12-28-20(23)14-5-8-16(9-6-14)29(4,24)25/h5-11,13H,12H2,1-4H3,(H,21,22). The molecular formula is C20H23NO7S. The normalized spacial score (nSPS) is 12.0. The van der Waals surface area contributed by atoms with Gasteiger partial charge in [-0.25, -0.2) is 13.2 Å². The monoisotopic (exact) mass is 421 g/mol. The van der Waals surface area contributed by atoms with Crippen LogP contribution in [0.15, 0.2) is 47.4 Å². The maximum Gasteiger partial charge on any atom is 0.338 e. The Balaban J connectivity index is 1.96. The quantitative estimate of drug-likeness (QED) is 0.651. The van der Waals surface area contributed by atoms with Crippen molar-refractivity contribution < 1.29 is 32.2 Å². The number of nitrogens with one attached hydrogen (secondary N) is 1. The Bertz CT molecular complexity index is 984. The summed E-state index contributed by atoms with van der Waals surface area (Å²) < 4.78 is 38.4. The molecule has 0 aliphatic carbocycles. The topological polar surface area (TPSA) is 108 Å². The molecule has 1 amide bonds. The minimum atomic E-state index is -3.36. The van der Waals surface area contributed by atoms with Crippen LogP contribution >= 0.6 is 0 Å². The highest BCUT2D eigenvalue weighted by molar-refractivity contribution is 7.90. The van der Waals surface area contributed by atoms with Crippen LogP contribution < -0.4 is 14.8 Å². The van der Waals surface area contributed by atoms with Gasteiger partial charge in [-0.1, -0.05) is 0 Å². The van der Waals surface area contributed by atoms with E-state index in [1.54, 1.807) is 25.1 Å². The SMILES string of the molecule is COc1ccc(OC)c(C(C)NC(=O)COC(=O)c2ccc(S(C)(=O)=O)cc2)c1. The zero-order chi connectivity index (χ0) is 21.6. The van der Waals surface area contributed by atoms with Crippen molar-refractivity contribution in [3.8, 4) is 11.5 Å². The summed E-state index contributed by atoms with van der Waals surface area (Å²) in [6.07, 6.45) is 1.07. The van der Waals surface area contributed by atoms with Crippen molar-refractivity contribution in [1.82, 2.24) is 5.32 Å². The Morgan fingerprint density at radius 3 is 2.24 bits per heavy atom. The minimum absolute atomic E-state index is 0.0906. The number of hydrogen-bond donors (Lipinski definition) is 1. The third kappa shape index (κ3) is 5.95. The molecule has 156 valence electrons. The zero-order valence-electron chi connectivity index (χ0n) is 16.6. The van der Waals surface area contributed by atoms with E-state index in [0.717, 1.165) is 6.26 Å². The first-order valence-electron chi connectivity index (χ1n) is 8.64. The van der Waals surface area contributed by atoms with Crippen LogP contribution in [0.2, 0.25) is 0 Å². The second-order valence-electron chi connectivity index (χ2n) is 6.27. The summed E-state index contributed by atoms with van der Waals surface area (Å²) in [5.74, 6) is -0.0253. The van der Waals surface area contributed by atoms with Crippen LogP contribution in [0.25, 0.3) is 0 Å². The molecule has 0 fully saturated rings. The Morgan fingerprint density at radius 1 is 1.03 bits per heavy atom. The van der Waals surface area contributed by atoms with E-state index in [0.29, 0.717) is 17.1 Å². The summed E-state index contributed by atoms with van der Waals surface area (Å²) in [7, 11) is -0.294. The van der Waals surface area contributed by atoms with E-state index in [2.05, 4.69) is 5.32 Å². The van der Waals surface area contributed by atoms with E-state index >= 15 is 0 Å². The first-order chi connectivity index (χ1) is 13.7. The zero-order valence-corrected chi connectivity index (χ0v) is 17.4. The van der Waals surface area contributed by atoms with Crippen molar-refractivity contribution >= 4 is 21.7 Å². The molecule has 2 rings (SSSR count). The van der Waals surface area contributed by atoms with Crippen molar-refractivity contribution in [2.24, 2.45) is 0 Å². The summed E-state index contributed by atoms with van der Waals surface area (Å²) >= 11 is 0. The summed E-state index contributed by atoms with van der Waals surface area (Å²) in [6.45, 7) is 1.28. The molecule has 0 radical (unpaired) electrons. The van der Waals surface area contributed by atoms with Crippen LogP contribution in [0.5, 0.6) is 11.5 Å². The molecule has 29 heavy (non-hydrogen) atoms. The number of hydrogen-bond acceptors (Lipinski definition) is 7. The van der Waals surface area contributed by atoms with Gasteiger partial charge >= 0.3 is 5.97 Å². The fraction of sp³-hybridized carbons (Fsp3) is 0.300. The average molecular weight is 421 g/mol. The van der Waals surface area contributed by atoms with Crippen molar-refractivity contribution in [2.45, 2.75) is 17.9 Å². The summed E-state index contributed by atoms with van der Waals surface area (Å²) in [5.41, 5.74) is 0.857. The minimum Gasteiger partial charge on any atom is -0.497 e. The molecule has 0 saturated carbocycles. The lowest BCUT2D eigenvalue weighted by Gasteiger charge is -2.18. The maximum absolute atomic E-state index is 12.2. The van der Waals surface area contributed by atoms with Crippen molar-refractivity contribution in [3.63, 3.8) is 0 Å². The van der Waals surface area contributed by atoms with Crippen molar-refractivity contribution in [2.75, 3.05) is 27.1 Å². The molecule has 1 atom stereocenters. The first kappa shape index (κ1) is 22.2. The molecule has 0 aliphatic rings. The van der Waals surface area contributed by atoms with Gasteiger partial charge in [-0.05, 0) is 49.4 Å². The highest BCUT2D eigenvalue weighted by atomic mass is 32.2. The van der Waals surface area contributed by atoms with Gasteiger partial charge in [0.2, 0.25) is 0 Å². The second-order valence-corrected chi connectivity index (χ2v) is 8.29. The number of ether oxygens (including phenoxy) is 3. The Morgan fingerprint density at radius 2 is 1.69 bits per heavy atom. The molecule has 8 nitrogen and oxygen atoms in total. The molecule has 0 heterocycles. The van der Waals surface area contributed by atoms with Gasteiger partial charge in [-0.2, -0.15) is 0 Å². The lowest BCUT2D eigenvalue weighted by atomic mass is 10.1. The fourth-order valence-corrected chi connectivity index (χ4v) is 3.22. The molecule has 0 aromatic heterocycles. The summed E-state index contributed by atoms with van der Waals surface area (Å²) in [6, 6.07) is 10.1. The number of methoxy groups -OCH3 is 2. The Labute approximate surface area is 169 Å². The van der Waals surface area contributed by atoms with Crippen LogP contribution in [0.1, 0.15) is 28.9 Å². The highest BCUT2D eigenvalue weighted by Crippen LogP contribution is 2.29. The molecule has 0 saturated heterocycles. The smallest absolute Gasteiger partial charge is 0.338 e. The van der Waals surface area contributed by atoms with E-state index in [-0.39, 0.29) is 10.5 Å².